The Morgan fingerprint density at radius 1 is 0.297 bits per heavy atom. The third kappa shape index (κ3) is 21.7. The van der Waals surface area contributed by atoms with E-state index in [2.05, 4.69) is 125 Å². The molecule has 4 rings (SSSR count). The molecule has 0 amide bonds. The van der Waals surface area contributed by atoms with E-state index in [1.54, 1.807) is 0 Å². The summed E-state index contributed by atoms with van der Waals surface area (Å²) in [7, 11) is 0. The van der Waals surface area contributed by atoms with Gasteiger partial charge in [0.2, 0.25) is 0 Å². The second kappa shape index (κ2) is 33.9. The monoisotopic (exact) mass is 867 g/mol. The van der Waals surface area contributed by atoms with Crippen molar-refractivity contribution < 1.29 is 4.79 Å². The molecule has 0 radical (unpaired) electrons. The molecule has 2 atom stereocenters. The summed E-state index contributed by atoms with van der Waals surface area (Å²) in [6.45, 7) is 8.90. The van der Waals surface area contributed by atoms with E-state index in [-0.39, 0.29) is 11.8 Å². The van der Waals surface area contributed by atoms with E-state index in [0.717, 1.165) is 25.7 Å². The van der Waals surface area contributed by atoms with Crippen LogP contribution in [-0.4, -0.2) is 5.78 Å². The number of carbonyl (C=O) groups excluding carboxylic acids is 1. The first kappa shape index (κ1) is 53.2. The number of carbonyl (C=O) groups is 1. The number of unbranched alkanes of at least 4 members (excludes halogenated alkanes) is 28. The van der Waals surface area contributed by atoms with Crippen LogP contribution < -0.4 is 0 Å². The Hall–Kier alpha value is -3.45. The Labute approximate surface area is 395 Å². The number of hydrogen-bond acceptors (Lipinski definition) is 1. The minimum Gasteiger partial charge on any atom is -0.298 e. The fraction of sp³-hybridized carbons (Fsp3) is 0.603. The minimum atomic E-state index is -0.0767. The van der Waals surface area contributed by atoms with Crippen LogP contribution in [0.1, 0.15) is 253 Å². The maximum Gasteiger partial charge on any atom is 0.147 e. The van der Waals surface area contributed by atoms with Crippen LogP contribution >= 0.6 is 0 Å². The lowest BCUT2D eigenvalue weighted by molar-refractivity contribution is -0.122. The summed E-state index contributed by atoms with van der Waals surface area (Å²) >= 11 is 0. The fourth-order valence-corrected chi connectivity index (χ4v) is 9.94. The van der Waals surface area contributed by atoms with E-state index in [1.807, 2.05) is 0 Å². The van der Waals surface area contributed by atoms with E-state index < -0.39 is 0 Å². The van der Waals surface area contributed by atoms with Crippen molar-refractivity contribution in [1.82, 2.24) is 0 Å². The van der Waals surface area contributed by atoms with Gasteiger partial charge in [-0.3, -0.25) is 4.79 Å². The Morgan fingerprint density at radius 2 is 0.500 bits per heavy atom. The summed E-state index contributed by atoms with van der Waals surface area (Å²) in [4.78, 5) is 15.2. The first-order valence-electron chi connectivity index (χ1n) is 27.4. The van der Waals surface area contributed by atoms with Crippen molar-refractivity contribution in [1.29, 1.82) is 0 Å². The molecule has 0 aliphatic heterocycles. The van der Waals surface area contributed by atoms with Crippen LogP contribution in [0.4, 0.5) is 0 Å². The van der Waals surface area contributed by atoms with E-state index in [0.29, 0.717) is 5.78 Å². The molecular formula is C63H94O. The van der Waals surface area contributed by atoms with Crippen molar-refractivity contribution in [3.05, 3.63) is 119 Å². The maximum atomic E-state index is 15.2. The first-order valence-corrected chi connectivity index (χ1v) is 27.4. The molecule has 0 aliphatic rings. The van der Waals surface area contributed by atoms with Gasteiger partial charge in [-0.2, -0.15) is 0 Å². The van der Waals surface area contributed by atoms with Crippen molar-refractivity contribution in [2.75, 3.05) is 0 Å². The molecule has 0 fully saturated rings. The summed E-state index contributed by atoms with van der Waals surface area (Å²) in [5.41, 5.74) is 9.88. The van der Waals surface area contributed by atoms with Gasteiger partial charge in [-0.25, -0.2) is 0 Å². The van der Waals surface area contributed by atoms with Crippen LogP contribution in [0.2, 0.25) is 0 Å². The molecule has 0 heterocycles. The third-order valence-electron chi connectivity index (χ3n) is 14.3. The molecule has 0 aliphatic carbocycles. The highest BCUT2D eigenvalue weighted by molar-refractivity contribution is 5.92. The standard InChI is InChI=1S/C63H94O/c1-5-7-9-11-13-15-17-19-21-23-25-27-29-31-33-35-61(59-49-45-57(46-50-59)55-41-37-53(3)38-42-55)63(64)62(60-51-47-58(48-52-60)56-43-39-54(4)40-44-56)36-34-32-30-28-26-24-22-20-18-16-14-12-10-8-6-2/h37-52,61-62H,5-36H2,1-4H3. The molecular weight excluding hydrogens is 773 g/mol. The molecule has 64 heavy (non-hydrogen) atoms. The number of ketones is 1. The van der Waals surface area contributed by atoms with Gasteiger partial charge in [0.05, 0.1) is 0 Å². The quantitative estimate of drug-likeness (QED) is 0.0410. The highest BCUT2D eigenvalue weighted by Gasteiger charge is 2.29. The van der Waals surface area contributed by atoms with Gasteiger partial charge in [0.15, 0.2) is 0 Å². The Bertz CT molecular complexity index is 1580. The normalized spacial score (nSPS) is 12.4. The molecule has 0 saturated heterocycles. The van der Waals surface area contributed by atoms with Gasteiger partial charge in [-0.05, 0) is 60.1 Å². The molecule has 1 heteroatoms. The van der Waals surface area contributed by atoms with Gasteiger partial charge in [0.25, 0.3) is 0 Å². The van der Waals surface area contributed by atoms with Crippen molar-refractivity contribution in [2.45, 2.75) is 245 Å². The van der Waals surface area contributed by atoms with E-state index in [9.17, 15) is 0 Å². The number of aryl methyl sites for hydroxylation is 2. The van der Waals surface area contributed by atoms with Crippen LogP contribution in [-0.2, 0) is 4.79 Å². The molecule has 0 spiro atoms. The number of hydrogen-bond donors (Lipinski definition) is 0. The topological polar surface area (TPSA) is 17.1 Å². The number of rotatable bonds is 38. The Kier molecular flexibility index (Phi) is 28.2. The molecule has 4 aromatic carbocycles. The van der Waals surface area contributed by atoms with Gasteiger partial charge >= 0.3 is 0 Å². The number of benzene rings is 4. The van der Waals surface area contributed by atoms with Crippen molar-refractivity contribution in [3.63, 3.8) is 0 Å². The molecule has 0 bridgehead atoms. The second-order valence-corrected chi connectivity index (χ2v) is 20.0. The van der Waals surface area contributed by atoms with Gasteiger partial charge in [0, 0.05) is 11.8 Å². The lowest BCUT2D eigenvalue weighted by Gasteiger charge is -2.24. The lowest BCUT2D eigenvalue weighted by atomic mass is 9.78. The van der Waals surface area contributed by atoms with Gasteiger partial charge < -0.3 is 0 Å². The predicted octanol–water partition coefficient (Wildman–Crippen LogP) is 20.6. The molecule has 4 aromatic rings. The fourth-order valence-electron chi connectivity index (χ4n) is 9.94. The van der Waals surface area contributed by atoms with Crippen LogP contribution in [0.5, 0.6) is 0 Å². The summed E-state index contributed by atoms with van der Waals surface area (Å²) in [6.07, 6.45) is 42.7. The van der Waals surface area contributed by atoms with Crippen LogP contribution in [0, 0.1) is 13.8 Å². The first-order chi connectivity index (χ1) is 31.5. The molecule has 0 aromatic heterocycles. The smallest absolute Gasteiger partial charge is 0.147 e. The Balaban J connectivity index is 1.35. The van der Waals surface area contributed by atoms with Gasteiger partial charge in [0.1, 0.15) is 5.78 Å². The number of Topliss-reactive ketones (excluding diaryl/α,β-unsaturated/α-hetero) is 1. The molecule has 0 saturated carbocycles. The summed E-state index contributed by atoms with van der Waals surface area (Å²) in [5.74, 6) is 0.279. The van der Waals surface area contributed by atoms with Crippen LogP contribution in [0.3, 0.4) is 0 Å². The molecule has 352 valence electrons. The Morgan fingerprint density at radius 3 is 0.734 bits per heavy atom. The van der Waals surface area contributed by atoms with Crippen molar-refractivity contribution >= 4 is 5.78 Å². The molecule has 2 unspecified atom stereocenters. The van der Waals surface area contributed by atoms with Gasteiger partial charge in [-0.1, -0.05) is 315 Å². The summed E-state index contributed by atoms with van der Waals surface area (Å²) in [5, 5.41) is 0. The van der Waals surface area contributed by atoms with Crippen LogP contribution in [0.25, 0.3) is 22.3 Å². The zero-order valence-corrected chi connectivity index (χ0v) is 41.9. The van der Waals surface area contributed by atoms with Crippen molar-refractivity contribution in [2.24, 2.45) is 0 Å². The largest absolute Gasteiger partial charge is 0.298 e. The highest BCUT2D eigenvalue weighted by Crippen LogP contribution is 2.36. The summed E-state index contributed by atoms with van der Waals surface area (Å²) < 4.78 is 0. The maximum absolute atomic E-state index is 15.2. The zero-order chi connectivity index (χ0) is 45.3. The molecule has 0 N–H and O–H groups in total. The van der Waals surface area contributed by atoms with E-state index in [1.165, 1.54) is 224 Å². The van der Waals surface area contributed by atoms with Crippen molar-refractivity contribution in [3.8, 4) is 22.3 Å². The minimum absolute atomic E-state index is 0.0767. The van der Waals surface area contributed by atoms with Gasteiger partial charge in [-0.15, -0.1) is 0 Å². The molecule has 1 nitrogen and oxygen atoms in total. The second-order valence-electron chi connectivity index (χ2n) is 20.0. The van der Waals surface area contributed by atoms with Crippen LogP contribution in [0.15, 0.2) is 97.1 Å². The summed E-state index contributed by atoms with van der Waals surface area (Å²) in [6, 6.07) is 35.8. The highest BCUT2D eigenvalue weighted by atomic mass is 16.1. The zero-order valence-electron chi connectivity index (χ0n) is 41.9. The van der Waals surface area contributed by atoms with E-state index in [4.69, 9.17) is 0 Å². The average Bonchev–Trinajstić information content (AvgIpc) is 3.32. The van der Waals surface area contributed by atoms with E-state index >= 15 is 4.79 Å². The lowest BCUT2D eigenvalue weighted by Crippen LogP contribution is -2.21. The predicted molar refractivity (Wildman–Crippen MR) is 283 cm³/mol. The third-order valence-corrected chi connectivity index (χ3v) is 14.3. The average molecular weight is 867 g/mol. The SMILES string of the molecule is CCCCCCCCCCCCCCCCCC(C(=O)C(CCCCCCCCCCCCCCCCC)c1ccc(-c2ccc(C)cc2)cc1)c1ccc(-c2ccc(C)cc2)cc1.